The SMILES string of the molecule is CCN(c1cc(CCl)cc(C(C)C)n1)C1CC1. The number of pyridine rings is 1. The lowest BCUT2D eigenvalue weighted by molar-refractivity contribution is 0.774. The van der Waals surface area contributed by atoms with E-state index in [2.05, 4.69) is 37.8 Å². The molecule has 1 fully saturated rings. The molecule has 94 valence electrons. The van der Waals surface area contributed by atoms with Crippen molar-refractivity contribution < 1.29 is 0 Å². The van der Waals surface area contributed by atoms with Gasteiger partial charge in [-0.05, 0) is 43.4 Å². The highest BCUT2D eigenvalue weighted by molar-refractivity contribution is 6.17. The first-order chi connectivity index (χ1) is 8.15. The van der Waals surface area contributed by atoms with Crippen LogP contribution in [-0.2, 0) is 5.88 Å². The quantitative estimate of drug-likeness (QED) is 0.738. The van der Waals surface area contributed by atoms with Crippen molar-refractivity contribution >= 4 is 17.4 Å². The van der Waals surface area contributed by atoms with Crippen LogP contribution in [0.1, 0.15) is 50.8 Å². The average molecular weight is 253 g/mol. The summed E-state index contributed by atoms with van der Waals surface area (Å²) in [6.07, 6.45) is 2.61. The van der Waals surface area contributed by atoms with Gasteiger partial charge in [0.05, 0.1) is 0 Å². The van der Waals surface area contributed by atoms with E-state index < -0.39 is 0 Å². The van der Waals surface area contributed by atoms with Gasteiger partial charge >= 0.3 is 0 Å². The van der Waals surface area contributed by atoms with Gasteiger partial charge in [0.2, 0.25) is 0 Å². The van der Waals surface area contributed by atoms with Gasteiger partial charge in [-0.25, -0.2) is 4.98 Å². The van der Waals surface area contributed by atoms with E-state index in [1.165, 1.54) is 18.4 Å². The summed E-state index contributed by atoms with van der Waals surface area (Å²) in [5.74, 6) is 2.13. The number of aromatic nitrogens is 1. The Labute approximate surface area is 109 Å². The molecule has 0 saturated heterocycles. The summed E-state index contributed by atoms with van der Waals surface area (Å²) in [5, 5.41) is 0. The third kappa shape index (κ3) is 2.92. The Kier molecular flexibility index (Phi) is 3.93. The molecule has 1 aliphatic carbocycles. The van der Waals surface area contributed by atoms with Gasteiger partial charge in [0.1, 0.15) is 5.82 Å². The summed E-state index contributed by atoms with van der Waals surface area (Å²) < 4.78 is 0. The van der Waals surface area contributed by atoms with Crippen LogP contribution < -0.4 is 4.90 Å². The smallest absolute Gasteiger partial charge is 0.129 e. The zero-order valence-corrected chi connectivity index (χ0v) is 11.7. The lowest BCUT2D eigenvalue weighted by atomic mass is 10.1. The summed E-state index contributed by atoms with van der Waals surface area (Å²) in [6.45, 7) is 7.58. The highest BCUT2D eigenvalue weighted by atomic mass is 35.5. The Bertz CT molecular complexity index is 386. The van der Waals surface area contributed by atoms with E-state index in [1.807, 2.05) is 0 Å². The monoisotopic (exact) mass is 252 g/mol. The van der Waals surface area contributed by atoms with Crippen molar-refractivity contribution in [2.24, 2.45) is 0 Å². The first-order valence-corrected chi connectivity index (χ1v) is 7.02. The molecule has 17 heavy (non-hydrogen) atoms. The largest absolute Gasteiger partial charge is 0.354 e. The molecule has 0 unspecified atom stereocenters. The molecule has 0 N–H and O–H groups in total. The lowest BCUT2D eigenvalue weighted by Crippen LogP contribution is -2.26. The fourth-order valence-corrected chi connectivity index (χ4v) is 2.26. The molecule has 2 nitrogen and oxygen atoms in total. The molecule has 0 amide bonds. The van der Waals surface area contributed by atoms with Gasteiger partial charge in [0, 0.05) is 24.2 Å². The molecule has 1 aliphatic rings. The predicted molar refractivity (Wildman–Crippen MR) is 73.9 cm³/mol. The molecule has 0 radical (unpaired) electrons. The first kappa shape index (κ1) is 12.7. The normalized spacial score (nSPS) is 15.4. The lowest BCUT2D eigenvalue weighted by Gasteiger charge is -2.23. The molecule has 0 spiro atoms. The molecular weight excluding hydrogens is 232 g/mol. The van der Waals surface area contributed by atoms with Crippen molar-refractivity contribution in [2.75, 3.05) is 11.4 Å². The van der Waals surface area contributed by atoms with Crippen molar-refractivity contribution in [3.05, 3.63) is 23.4 Å². The zero-order valence-electron chi connectivity index (χ0n) is 10.9. The number of hydrogen-bond donors (Lipinski definition) is 0. The summed E-state index contributed by atoms with van der Waals surface area (Å²) in [7, 11) is 0. The highest BCUT2D eigenvalue weighted by Crippen LogP contribution is 2.31. The van der Waals surface area contributed by atoms with Gasteiger partial charge in [-0.2, -0.15) is 0 Å². The van der Waals surface area contributed by atoms with E-state index in [0.29, 0.717) is 17.8 Å². The zero-order chi connectivity index (χ0) is 12.4. The van der Waals surface area contributed by atoms with Crippen molar-refractivity contribution in [1.29, 1.82) is 0 Å². The van der Waals surface area contributed by atoms with Gasteiger partial charge in [0.15, 0.2) is 0 Å². The highest BCUT2D eigenvalue weighted by Gasteiger charge is 2.29. The minimum atomic E-state index is 0.454. The number of alkyl halides is 1. The first-order valence-electron chi connectivity index (χ1n) is 6.49. The van der Waals surface area contributed by atoms with E-state index in [4.69, 9.17) is 16.6 Å². The molecule has 3 heteroatoms. The molecule has 1 heterocycles. The van der Waals surface area contributed by atoms with Crippen molar-refractivity contribution in [1.82, 2.24) is 4.98 Å². The molecule has 0 bridgehead atoms. The van der Waals surface area contributed by atoms with Crippen LogP contribution in [0.25, 0.3) is 0 Å². The fourth-order valence-electron chi connectivity index (χ4n) is 2.11. The molecule has 1 aromatic heterocycles. The van der Waals surface area contributed by atoms with Crippen LogP contribution in [0.2, 0.25) is 0 Å². The van der Waals surface area contributed by atoms with Crippen LogP contribution in [0.3, 0.4) is 0 Å². The van der Waals surface area contributed by atoms with Crippen LogP contribution >= 0.6 is 11.6 Å². The number of nitrogens with zero attached hydrogens (tertiary/aromatic N) is 2. The van der Waals surface area contributed by atoms with E-state index in [9.17, 15) is 0 Å². The Morgan fingerprint density at radius 3 is 2.59 bits per heavy atom. The number of anilines is 1. The van der Waals surface area contributed by atoms with E-state index in [-0.39, 0.29) is 0 Å². The number of halogens is 1. The van der Waals surface area contributed by atoms with Gasteiger partial charge in [-0.3, -0.25) is 0 Å². The van der Waals surface area contributed by atoms with Gasteiger partial charge in [-0.15, -0.1) is 11.6 Å². The Morgan fingerprint density at radius 2 is 2.12 bits per heavy atom. The van der Waals surface area contributed by atoms with Gasteiger partial charge in [-0.1, -0.05) is 13.8 Å². The van der Waals surface area contributed by atoms with Crippen LogP contribution in [-0.4, -0.2) is 17.6 Å². The van der Waals surface area contributed by atoms with Crippen LogP contribution in [0.5, 0.6) is 0 Å². The molecule has 0 aromatic carbocycles. The van der Waals surface area contributed by atoms with Crippen molar-refractivity contribution in [3.8, 4) is 0 Å². The third-order valence-corrected chi connectivity index (χ3v) is 3.57. The van der Waals surface area contributed by atoms with Crippen LogP contribution in [0.15, 0.2) is 12.1 Å². The second-order valence-electron chi connectivity index (χ2n) is 5.06. The van der Waals surface area contributed by atoms with Crippen LogP contribution in [0, 0.1) is 0 Å². The van der Waals surface area contributed by atoms with E-state index in [0.717, 1.165) is 18.1 Å². The second-order valence-corrected chi connectivity index (χ2v) is 5.33. The maximum atomic E-state index is 5.97. The topological polar surface area (TPSA) is 16.1 Å². The van der Waals surface area contributed by atoms with Crippen molar-refractivity contribution in [2.45, 2.75) is 51.5 Å². The Balaban J connectivity index is 2.34. The summed E-state index contributed by atoms with van der Waals surface area (Å²) in [6, 6.07) is 4.97. The molecule has 0 atom stereocenters. The minimum absolute atomic E-state index is 0.454. The Hall–Kier alpha value is -0.760. The second kappa shape index (κ2) is 5.26. The summed E-state index contributed by atoms with van der Waals surface area (Å²) >= 11 is 5.97. The minimum Gasteiger partial charge on any atom is -0.354 e. The van der Waals surface area contributed by atoms with Gasteiger partial charge in [0.25, 0.3) is 0 Å². The maximum Gasteiger partial charge on any atom is 0.129 e. The summed E-state index contributed by atoms with van der Waals surface area (Å²) in [5.41, 5.74) is 2.33. The number of rotatable bonds is 5. The van der Waals surface area contributed by atoms with Crippen molar-refractivity contribution in [3.63, 3.8) is 0 Å². The molecule has 1 aromatic rings. The average Bonchev–Trinajstić information content (AvgIpc) is 3.14. The Morgan fingerprint density at radius 1 is 1.41 bits per heavy atom. The third-order valence-electron chi connectivity index (χ3n) is 3.26. The van der Waals surface area contributed by atoms with E-state index in [1.54, 1.807) is 0 Å². The number of hydrogen-bond acceptors (Lipinski definition) is 2. The standard InChI is InChI=1S/C14H21ClN2/c1-4-17(12-5-6-12)14-8-11(9-15)7-13(16-14)10(2)3/h7-8,10,12H,4-6,9H2,1-3H3. The molecular formula is C14H21ClN2. The van der Waals surface area contributed by atoms with E-state index >= 15 is 0 Å². The molecule has 2 rings (SSSR count). The maximum absolute atomic E-state index is 5.97. The molecule has 0 aliphatic heterocycles. The van der Waals surface area contributed by atoms with Gasteiger partial charge < -0.3 is 4.90 Å². The fraction of sp³-hybridized carbons (Fsp3) is 0.643. The summed E-state index contributed by atoms with van der Waals surface area (Å²) in [4.78, 5) is 7.19. The van der Waals surface area contributed by atoms with Crippen LogP contribution in [0.4, 0.5) is 5.82 Å². The predicted octanol–water partition coefficient (Wildman–Crippen LogP) is 3.93. The molecule has 1 saturated carbocycles.